The number of nitrogens with zero attached hydrogens (tertiary/aromatic N) is 1. The molecule has 2 nitrogen and oxygen atoms in total. The van der Waals surface area contributed by atoms with Gasteiger partial charge in [-0.2, -0.15) is 6.42 Å². The van der Waals surface area contributed by atoms with Gasteiger partial charge in [-0.15, -0.1) is 0 Å². The minimum absolute atomic E-state index is 0. The van der Waals surface area contributed by atoms with Crippen LogP contribution in [0, 0.1) is 17.8 Å². The van der Waals surface area contributed by atoms with Gasteiger partial charge in [0, 0.05) is 0 Å². The van der Waals surface area contributed by atoms with Crippen molar-refractivity contribution in [3.63, 3.8) is 0 Å². The molecule has 0 radical (unpaired) electrons. The maximum atomic E-state index is 5.69. The summed E-state index contributed by atoms with van der Waals surface area (Å²) in [4.78, 5) is 4.70. The molecule has 0 bridgehead atoms. The molecule has 0 N–H and O–H groups in total. The molecule has 0 aromatic carbocycles. The third-order valence-electron chi connectivity index (χ3n) is 7.06. The Bertz CT molecular complexity index is 440. The van der Waals surface area contributed by atoms with E-state index in [2.05, 4.69) is 48.0 Å². The molecule has 33 heavy (non-hydrogen) atoms. The Morgan fingerprint density at radius 3 is 1.67 bits per heavy atom. The summed E-state index contributed by atoms with van der Waals surface area (Å²) in [6, 6.07) is 0.353. The first-order valence-electron chi connectivity index (χ1n) is 14.3. The normalized spacial score (nSPS) is 21.7. The third kappa shape index (κ3) is 16.2. The van der Waals surface area contributed by atoms with E-state index in [0.29, 0.717) is 12.0 Å². The average Bonchev–Trinajstić information content (AvgIpc) is 3.55. The fraction of sp³-hybridized carbons (Fsp3) is 0.931. The van der Waals surface area contributed by atoms with Crippen LogP contribution in [0.15, 0.2) is 4.99 Å². The van der Waals surface area contributed by atoms with Gasteiger partial charge in [-0.05, 0) is 5.41 Å². The van der Waals surface area contributed by atoms with Crippen LogP contribution in [-0.4, -0.2) is 38.3 Å². The average molecular weight is 610 g/mol. The summed E-state index contributed by atoms with van der Waals surface area (Å²) in [6.07, 6.45) is 22.5. The monoisotopic (exact) mass is 611 g/mol. The van der Waals surface area contributed by atoms with Crippen LogP contribution in [0.25, 0.3) is 0 Å². The van der Waals surface area contributed by atoms with Crippen molar-refractivity contribution in [3.8, 4) is 0 Å². The largest absolute Gasteiger partial charge is 2.00 e. The Kier molecular flexibility index (Phi) is 21.4. The van der Waals surface area contributed by atoms with E-state index in [1.165, 1.54) is 89.9 Å². The molecule has 0 saturated heterocycles. The van der Waals surface area contributed by atoms with Gasteiger partial charge in [0.05, 0.1) is 6.04 Å². The summed E-state index contributed by atoms with van der Waals surface area (Å²) in [6.45, 7) is 14.5. The van der Waals surface area contributed by atoms with Crippen LogP contribution in [0.2, 0.25) is 13.3 Å². The van der Waals surface area contributed by atoms with E-state index in [9.17, 15) is 0 Å². The molecule has 2 fully saturated rings. The molecular weight excluding hydrogens is 553 g/mol. The molecule has 0 aromatic heterocycles. The predicted molar refractivity (Wildman–Crippen MR) is 146 cm³/mol. The van der Waals surface area contributed by atoms with Crippen molar-refractivity contribution < 1.29 is 21.8 Å². The Morgan fingerprint density at radius 2 is 1.33 bits per heavy atom. The molecule has 2 atom stereocenters. The molecule has 194 valence electrons. The summed E-state index contributed by atoms with van der Waals surface area (Å²) in [5.41, 5.74) is 0.236. The SMILES string of the molecule is C1CCCC1.CC(C)(C)[C@H]1COC(C2[CH-]CCC2)=N1.CCC[CH2][Sn+]([CH2]CCC)[CH2]CCC.[Fe+2]. The Balaban J connectivity index is 0.000000502. The number of ether oxygens (including phenoxy) is 1. The van der Waals surface area contributed by atoms with Crippen molar-refractivity contribution in [2.45, 2.75) is 151 Å². The quantitative estimate of drug-likeness (QED) is 0.178. The van der Waals surface area contributed by atoms with Gasteiger partial charge in [0.2, 0.25) is 0 Å². The first-order chi connectivity index (χ1) is 15.4. The molecule has 3 rings (SSSR count). The molecule has 1 aliphatic heterocycles. The first kappa shape index (κ1) is 33.8. The van der Waals surface area contributed by atoms with Crippen LogP contribution in [0.1, 0.15) is 131 Å². The van der Waals surface area contributed by atoms with Crippen LogP contribution in [0.5, 0.6) is 0 Å². The molecule has 0 spiro atoms. The minimum Gasteiger partial charge on any atom is 2.00 e. The maximum absolute atomic E-state index is 5.69. The van der Waals surface area contributed by atoms with Crippen molar-refractivity contribution in [3.05, 3.63) is 6.42 Å². The minimum atomic E-state index is -0.839. The Morgan fingerprint density at radius 1 is 0.848 bits per heavy atom. The van der Waals surface area contributed by atoms with Gasteiger partial charge in [-0.25, -0.2) is 0 Å². The van der Waals surface area contributed by atoms with Gasteiger partial charge in [0.15, 0.2) is 5.90 Å². The van der Waals surface area contributed by atoms with Crippen LogP contribution in [0.3, 0.4) is 0 Å². The summed E-state index contributed by atoms with van der Waals surface area (Å²) in [7, 11) is 0. The number of hydrogen-bond donors (Lipinski definition) is 0. The number of hydrogen-bond acceptors (Lipinski definition) is 2. The summed E-state index contributed by atoms with van der Waals surface area (Å²) in [5, 5.41) is 0. The summed E-state index contributed by atoms with van der Waals surface area (Å²) >= 11 is -0.839. The van der Waals surface area contributed by atoms with Gasteiger partial charge < -0.3 is 11.2 Å². The van der Waals surface area contributed by atoms with Gasteiger partial charge >= 0.3 is 109 Å². The molecule has 4 heteroatoms. The molecule has 1 heterocycles. The summed E-state index contributed by atoms with van der Waals surface area (Å²) < 4.78 is 10.7. The van der Waals surface area contributed by atoms with Gasteiger partial charge in [0.1, 0.15) is 6.61 Å². The van der Waals surface area contributed by atoms with Crippen LogP contribution < -0.4 is 0 Å². The second-order valence-electron chi connectivity index (χ2n) is 11.3. The van der Waals surface area contributed by atoms with E-state index in [0.717, 1.165) is 12.5 Å². The topological polar surface area (TPSA) is 21.6 Å². The van der Waals surface area contributed by atoms with Crippen LogP contribution >= 0.6 is 0 Å². The fourth-order valence-electron chi connectivity index (χ4n) is 4.58. The van der Waals surface area contributed by atoms with Crippen molar-refractivity contribution in [2.24, 2.45) is 16.3 Å². The zero-order valence-electron chi connectivity index (χ0n) is 23.2. The van der Waals surface area contributed by atoms with Gasteiger partial charge in [-0.1, -0.05) is 71.6 Å². The molecule has 1 unspecified atom stereocenters. The Hall–Kier alpha value is 0.788. The Labute approximate surface area is 226 Å². The second-order valence-corrected chi connectivity index (χ2v) is 19.8. The molecule has 2 saturated carbocycles. The predicted octanol–water partition coefficient (Wildman–Crippen LogP) is 9.66. The van der Waals surface area contributed by atoms with E-state index < -0.39 is 19.8 Å². The first-order valence-corrected chi connectivity index (χ1v) is 20.3. The van der Waals surface area contributed by atoms with E-state index in [-0.39, 0.29) is 22.5 Å². The van der Waals surface area contributed by atoms with Crippen molar-refractivity contribution in [2.75, 3.05) is 6.61 Å². The van der Waals surface area contributed by atoms with E-state index >= 15 is 0 Å². The zero-order chi connectivity index (χ0) is 23.7. The zero-order valence-corrected chi connectivity index (χ0v) is 27.1. The number of aliphatic imine (C=N–C) groups is 1. The van der Waals surface area contributed by atoms with Crippen LogP contribution in [-0.2, 0) is 21.8 Å². The maximum Gasteiger partial charge on any atom is 2.00 e. The standard InChI is InChI=1S/C12H20NO.C5H10.3C4H9.Fe.Sn/c1-12(2,3)10-8-14-11(13-10)9-6-4-5-7-9;1-2-4-5-3-1;3*1-3-4-2;;/h6,9-10H,4-5,7-8H2,1-3H3;1-5H2;3*1,3-4H2,2H3;;/q-1;;;;;+2;+1/t9?,10-;;;;;;/m1....../s1. The van der Waals surface area contributed by atoms with Crippen molar-refractivity contribution >= 4 is 25.7 Å². The van der Waals surface area contributed by atoms with Crippen molar-refractivity contribution in [1.82, 2.24) is 0 Å². The smallest absolute Gasteiger partial charge is 2.00 e. The summed E-state index contributed by atoms with van der Waals surface area (Å²) in [5.74, 6) is 1.52. The van der Waals surface area contributed by atoms with Gasteiger partial charge in [0.25, 0.3) is 0 Å². The fourth-order valence-corrected chi connectivity index (χ4v) is 14.0. The molecular formula is C29H57FeNOSn+2. The van der Waals surface area contributed by atoms with Crippen molar-refractivity contribution in [1.29, 1.82) is 0 Å². The second kappa shape index (κ2) is 20.9. The molecule has 3 aliphatic rings. The number of rotatable bonds is 10. The third-order valence-corrected chi connectivity index (χ3v) is 16.1. The van der Waals surface area contributed by atoms with E-state index in [4.69, 9.17) is 9.73 Å². The van der Waals surface area contributed by atoms with E-state index in [1.807, 2.05) is 0 Å². The molecule has 2 aliphatic carbocycles. The molecule has 0 aromatic rings. The molecule has 0 amide bonds. The number of unbranched alkanes of at least 4 members (excludes halogenated alkanes) is 3. The van der Waals surface area contributed by atoms with Gasteiger partial charge in [-0.3, -0.25) is 4.99 Å². The van der Waals surface area contributed by atoms with E-state index in [1.54, 1.807) is 13.3 Å². The van der Waals surface area contributed by atoms with Crippen LogP contribution in [0.4, 0.5) is 0 Å².